The predicted octanol–water partition coefficient (Wildman–Crippen LogP) is 2.19. The van der Waals surface area contributed by atoms with Crippen LogP contribution in [0.5, 0.6) is 0 Å². The number of nitrogens with two attached hydrogens (primary N) is 1. The van der Waals surface area contributed by atoms with Gasteiger partial charge >= 0.3 is 0 Å². The van der Waals surface area contributed by atoms with E-state index in [9.17, 15) is 8.78 Å². The van der Waals surface area contributed by atoms with Crippen molar-refractivity contribution in [2.24, 2.45) is 5.90 Å². The molecule has 1 rings (SSSR count). The van der Waals surface area contributed by atoms with Gasteiger partial charge in [0.25, 0.3) is 5.92 Å². The van der Waals surface area contributed by atoms with Crippen molar-refractivity contribution in [3.63, 3.8) is 0 Å². The normalized spacial score (nSPS) is 11.7. The van der Waals surface area contributed by atoms with Crippen molar-refractivity contribution in [3.05, 3.63) is 35.4 Å². The lowest BCUT2D eigenvalue weighted by Crippen LogP contribution is -2.12. The highest BCUT2D eigenvalue weighted by Gasteiger charge is 2.26. The number of hydrogen-bond acceptors (Lipinski definition) is 2. The molecule has 2 nitrogen and oxygen atoms in total. The second kappa shape index (κ2) is 3.81. The molecule has 1 aromatic carbocycles. The molecular formula is C9H11F2NO. The lowest BCUT2D eigenvalue weighted by Gasteiger charge is -2.14. The topological polar surface area (TPSA) is 35.2 Å². The minimum atomic E-state index is -2.85. The molecule has 0 radical (unpaired) electrons. The largest absolute Gasteiger partial charge is 0.300 e. The van der Waals surface area contributed by atoms with Crippen LogP contribution in [-0.4, -0.2) is 0 Å². The first-order valence-electron chi connectivity index (χ1n) is 3.83. The van der Waals surface area contributed by atoms with Gasteiger partial charge in [-0.3, -0.25) is 4.84 Å². The zero-order valence-corrected chi connectivity index (χ0v) is 7.26. The molecule has 2 N–H and O–H groups in total. The summed E-state index contributed by atoms with van der Waals surface area (Å²) in [6, 6.07) is 6.17. The van der Waals surface area contributed by atoms with Crippen LogP contribution in [0.2, 0.25) is 0 Å². The Morgan fingerprint density at radius 3 is 2.54 bits per heavy atom. The zero-order valence-electron chi connectivity index (χ0n) is 7.26. The molecule has 0 bridgehead atoms. The standard InChI is InChI=1S/C9H11F2NO/c1-9(10,11)8-5-3-2-4-7(8)6-13-12/h2-5H,6,12H2,1H3. The van der Waals surface area contributed by atoms with E-state index in [4.69, 9.17) is 5.90 Å². The van der Waals surface area contributed by atoms with Crippen LogP contribution in [-0.2, 0) is 17.4 Å². The number of halogens is 2. The first-order chi connectivity index (χ1) is 6.05. The van der Waals surface area contributed by atoms with Gasteiger partial charge in [-0.25, -0.2) is 14.7 Å². The van der Waals surface area contributed by atoms with E-state index in [1.54, 1.807) is 18.2 Å². The van der Waals surface area contributed by atoms with Crippen molar-refractivity contribution < 1.29 is 13.6 Å². The minimum absolute atomic E-state index is 0.000394. The van der Waals surface area contributed by atoms with Crippen LogP contribution in [0.3, 0.4) is 0 Å². The first kappa shape index (κ1) is 10.1. The molecule has 0 saturated carbocycles. The molecule has 0 aromatic heterocycles. The number of alkyl halides is 2. The lowest BCUT2D eigenvalue weighted by atomic mass is 10.0. The number of hydrogen-bond donors (Lipinski definition) is 1. The van der Waals surface area contributed by atoms with Crippen LogP contribution < -0.4 is 5.90 Å². The monoisotopic (exact) mass is 187 g/mol. The molecule has 0 fully saturated rings. The third kappa shape index (κ3) is 2.47. The maximum absolute atomic E-state index is 12.9. The van der Waals surface area contributed by atoms with Crippen molar-refractivity contribution in [2.75, 3.05) is 0 Å². The van der Waals surface area contributed by atoms with Gasteiger partial charge in [0.05, 0.1) is 6.61 Å². The molecular weight excluding hydrogens is 176 g/mol. The summed E-state index contributed by atoms with van der Waals surface area (Å²) in [5.74, 6) is 1.98. The van der Waals surface area contributed by atoms with Crippen molar-refractivity contribution in [1.29, 1.82) is 0 Å². The van der Waals surface area contributed by atoms with E-state index in [1.165, 1.54) is 6.07 Å². The quantitative estimate of drug-likeness (QED) is 0.736. The Hall–Kier alpha value is -1.00. The van der Waals surface area contributed by atoms with Gasteiger partial charge in [0.1, 0.15) is 0 Å². The van der Waals surface area contributed by atoms with Gasteiger partial charge in [-0.2, -0.15) is 0 Å². The third-order valence-electron chi connectivity index (χ3n) is 1.73. The second-order valence-electron chi connectivity index (χ2n) is 2.86. The van der Waals surface area contributed by atoms with Crippen LogP contribution in [0.4, 0.5) is 8.78 Å². The second-order valence-corrected chi connectivity index (χ2v) is 2.86. The lowest BCUT2D eigenvalue weighted by molar-refractivity contribution is 0.0138. The summed E-state index contributed by atoms with van der Waals surface area (Å²) in [7, 11) is 0. The van der Waals surface area contributed by atoms with Crippen LogP contribution in [0.1, 0.15) is 18.1 Å². The predicted molar refractivity (Wildman–Crippen MR) is 45.0 cm³/mol. The van der Waals surface area contributed by atoms with E-state index in [0.717, 1.165) is 6.92 Å². The van der Waals surface area contributed by atoms with Gasteiger partial charge in [-0.1, -0.05) is 24.3 Å². The van der Waals surface area contributed by atoms with E-state index in [1.807, 2.05) is 0 Å². The fourth-order valence-electron chi connectivity index (χ4n) is 1.16. The van der Waals surface area contributed by atoms with Crippen LogP contribution in [0, 0.1) is 0 Å². The summed E-state index contributed by atoms with van der Waals surface area (Å²) >= 11 is 0. The summed E-state index contributed by atoms with van der Waals surface area (Å²) in [5.41, 5.74) is 0.373. The van der Waals surface area contributed by atoms with Crippen molar-refractivity contribution in [3.8, 4) is 0 Å². The molecule has 0 unspecified atom stereocenters. The Morgan fingerprint density at radius 2 is 2.00 bits per heavy atom. The van der Waals surface area contributed by atoms with Crippen molar-refractivity contribution in [1.82, 2.24) is 0 Å². The van der Waals surface area contributed by atoms with E-state index in [2.05, 4.69) is 4.84 Å². The van der Waals surface area contributed by atoms with Gasteiger partial charge in [0.2, 0.25) is 0 Å². The van der Waals surface area contributed by atoms with E-state index in [0.29, 0.717) is 5.56 Å². The average Bonchev–Trinajstić information content (AvgIpc) is 2.04. The molecule has 72 valence electrons. The molecule has 4 heteroatoms. The first-order valence-corrected chi connectivity index (χ1v) is 3.83. The Kier molecular flexibility index (Phi) is 2.95. The molecule has 0 aliphatic rings. The van der Waals surface area contributed by atoms with E-state index in [-0.39, 0.29) is 12.2 Å². The Balaban J connectivity index is 3.05. The Morgan fingerprint density at radius 1 is 1.38 bits per heavy atom. The fraction of sp³-hybridized carbons (Fsp3) is 0.333. The highest BCUT2D eigenvalue weighted by atomic mass is 19.3. The number of benzene rings is 1. The molecule has 1 aromatic rings. The number of rotatable bonds is 3. The molecule has 0 spiro atoms. The Labute approximate surface area is 75.3 Å². The maximum atomic E-state index is 12.9. The summed E-state index contributed by atoms with van der Waals surface area (Å²) in [4.78, 5) is 4.33. The summed E-state index contributed by atoms with van der Waals surface area (Å²) < 4.78 is 25.9. The van der Waals surface area contributed by atoms with Gasteiger partial charge < -0.3 is 0 Å². The molecule has 13 heavy (non-hydrogen) atoms. The molecule has 0 atom stereocenters. The van der Waals surface area contributed by atoms with Crippen molar-refractivity contribution in [2.45, 2.75) is 19.5 Å². The van der Waals surface area contributed by atoms with E-state index < -0.39 is 5.92 Å². The minimum Gasteiger partial charge on any atom is -0.300 e. The van der Waals surface area contributed by atoms with E-state index >= 15 is 0 Å². The summed E-state index contributed by atoms with van der Waals surface area (Å²) in [5, 5.41) is 0. The van der Waals surface area contributed by atoms with Gasteiger partial charge in [-0.05, 0) is 5.56 Å². The summed E-state index contributed by atoms with van der Waals surface area (Å²) in [6.45, 7) is 0.849. The molecule has 0 heterocycles. The van der Waals surface area contributed by atoms with Gasteiger partial charge in [-0.15, -0.1) is 0 Å². The molecule has 0 aliphatic heterocycles. The average molecular weight is 187 g/mol. The third-order valence-corrected chi connectivity index (χ3v) is 1.73. The highest BCUT2D eigenvalue weighted by Crippen LogP contribution is 2.29. The fourth-order valence-corrected chi connectivity index (χ4v) is 1.16. The van der Waals surface area contributed by atoms with Gasteiger partial charge in [0.15, 0.2) is 0 Å². The molecule has 0 saturated heterocycles. The zero-order chi connectivity index (χ0) is 9.90. The summed E-state index contributed by atoms with van der Waals surface area (Å²) in [6.07, 6.45) is 0. The smallest absolute Gasteiger partial charge is 0.270 e. The van der Waals surface area contributed by atoms with Crippen molar-refractivity contribution >= 4 is 0 Å². The van der Waals surface area contributed by atoms with Crippen LogP contribution >= 0.6 is 0 Å². The van der Waals surface area contributed by atoms with Crippen LogP contribution in [0.15, 0.2) is 24.3 Å². The molecule has 0 amide bonds. The van der Waals surface area contributed by atoms with Gasteiger partial charge in [0, 0.05) is 12.5 Å². The molecule has 0 aliphatic carbocycles. The Bertz CT molecular complexity index is 283. The maximum Gasteiger partial charge on any atom is 0.270 e. The van der Waals surface area contributed by atoms with Crippen LogP contribution in [0.25, 0.3) is 0 Å². The SMILES string of the molecule is CC(F)(F)c1ccccc1CON. The highest BCUT2D eigenvalue weighted by molar-refractivity contribution is 5.29.